The number of hydrogen-bond acceptors (Lipinski definition) is 6. The van der Waals surface area contributed by atoms with E-state index in [4.69, 9.17) is 9.72 Å². The quantitative estimate of drug-likeness (QED) is 0.334. The second kappa shape index (κ2) is 9.95. The predicted octanol–water partition coefficient (Wildman–Crippen LogP) is 5.26. The number of fused-ring (bicyclic) bond motifs is 1. The zero-order chi connectivity index (χ0) is 24.3. The van der Waals surface area contributed by atoms with E-state index in [1.807, 2.05) is 48.5 Å². The van der Waals surface area contributed by atoms with E-state index in [1.54, 1.807) is 50.1 Å². The SMILES string of the molecule is COc1ccc2sc(N(Cc3ccccc3)C(=O)Cc3ccc(S(=O)(=O)C(C)C)cc3)nc2c1. The first kappa shape index (κ1) is 23.9. The second-order valence-electron chi connectivity index (χ2n) is 8.21. The van der Waals surface area contributed by atoms with Gasteiger partial charge in [-0.05, 0) is 49.2 Å². The number of ether oxygens (including phenoxy) is 1. The topological polar surface area (TPSA) is 76.6 Å². The molecule has 0 unspecified atom stereocenters. The Hall–Kier alpha value is -3.23. The minimum atomic E-state index is -3.36. The summed E-state index contributed by atoms with van der Waals surface area (Å²) in [6, 6.07) is 22.0. The number of carbonyl (C=O) groups excluding carboxylic acids is 1. The lowest BCUT2D eigenvalue weighted by Gasteiger charge is -2.20. The molecule has 0 N–H and O–H groups in total. The van der Waals surface area contributed by atoms with E-state index in [-0.39, 0.29) is 17.2 Å². The van der Waals surface area contributed by atoms with E-state index in [0.717, 1.165) is 21.3 Å². The van der Waals surface area contributed by atoms with Crippen LogP contribution < -0.4 is 9.64 Å². The highest BCUT2D eigenvalue weighted by molar-refractivity contribution is 7.92. The van der Waals surface area contributed by atoms with Gasteiger partial charge >= 0.3 is 0 Å². The van der Waals surface area contributed by atoms with Crippen molar-refractivity contribution < 1.29 is 17.9 Å². The maximum absolute atomic E-state index is 13.5. The van der Waals surface area contributed by atoms with Gasteiger partial charge < -0.3 is 4.74 Å². The molecule has 0 aliphatic heterocycles. The summed E-state index contributed by atoms with van der Waals surface area (Å²) in [7, 11) is -1.75. The van der Waals surface area contributed by atoms with Crippen LogP contribution in [0.4, 0.5) is 5.13 Å². The number of sulfone groups is 1. The standard InChI is InChI=1S/C26H26N2O4S2/c1-18(2)34(30,31)22-12-9-19(10-13-22)15-25(29)28(17-20-7-5-4-6-8-20)26-27-23-16-21(32-3)11-14-24(23)33-26/h4-14,16,18H,15,17H2,1-3H3. The van der Waals surface area contributed by atoms with E-state index in [0.29, 0.717) is 17.4 Å². The van der Waals surface area contributed by atoms with Crippen LogP contribution >= 0.6 is 11.3 Å². The fraction of sp³-hybridized carbons (Fsp3) is 0.231. The first-order chi connectivity index (χ1) is 16.3. The molecular formula is C26H26N2O4S2. The van der Waals surface area contributed by atoms with Crippen LogP contribution in [0.5, 0.6) is 5.75 Å². The number of thiazole rings is 1. The predicted molar refractivity (Wildman–Crippen MR) is 136 cm³/mol. The molecule has 176 valence electrons. The molecule has 0 aliphatic rings. The zero-order valence-corrected chi connectivity index (χ0v) is 20.9. The first-order valence-corrected chi connectivity index (χ1v) is 13.3. The Morgan fingerprint density at radius 1 is 1.00 bits per heavy atom. The second-order valence-corrected chi connectivity index (χ2v) is 11.7. The Balaban J connectivity index is 1.63. The molecule has 1 amide bonds. The molecule has 0 radical (unpaired) electrons. The fourth-order valence-electron chi connectivity index (χ4n) is 3.51. The van der Waals surface area contributed by atoms with Crippen molar-refractivity contribution in [3.8, 4) is 5.75 Å². The number of carbonyl (C=O) groups is 1. The number of nitrogens with zero attached hydrogens (tertiary/aromatic N) is 2. The van der Waals surface area contributed by atoms with Gasteiger partial charge in [0.05, 0.1) is 40.4 Å². The first-order valence-electron chi connectivity index (χ1n) is 10.9. The number of aromatic nitrogens is 1. The van der Waals surface area contributed by atoms with Crippen LogP contribution in [0, 0.1) is 0 Å². The van der Waals surface area contributed by atoms with Gasteiger partial charge in [0, 0.05) is 6.07 Å². The Kier molecular flexibility index (Phi) is 7.00. The van der Waals surface area contributed by atoms with Gasteiger partial charge in [0.1, 0.15) is 5.75 Å². The summed E-state index contributed by atoms with van der Waals surface area (Å²) in [4.78, 5) is 20.1. The van der Waals surface area contributed by atoms with Crippen LogP contribution in [0.15, 0.2) is 77.7 Å². The number of benzene rings is 3. The number of rotatable bonds is 8. The molecule has 0 aliphatic carbocycles. The van der Waals surface area contributed by atoms with Crippen LogP contribution in [-0.4, -0.2) is 31.7 Å². The molecule has 0 spiro atoms. The third kappa shape index (κ3) is 5.13. The number of amides is 1. The Bertz CT molecular complexity index is 1400. The molecule has 0 saturated heterocycles. The Morgan fingerprint density at radius 2 is 1.71 bits per heavy atom. The van der Waals surface area contributed by atoms with Crippen molar-refractivity contribution in [3.05, 3.63) is 83.9 Å². The lowest BCUT2D eigenvalue weighted by molar-refractivity contribution is -0.118. The highest BCUT2D eigenvalue weighted by Gasteiger charge is 2.22. The molecule has 34 heavy (non-hydrogen) atoms. The molecule has 4 aromatic rings. The van der Waals surface area contributed by atoms with Gasteiger partial charge in [0.2, 0.25) is 5.91 Å². The molecule has 1 aromatic heterocycles. The van der Waals surface area contributed by atoms with Gasteiger partial charge in [0.25, 0.3) is 0 Å². The summed E-state index contributed by atoms with van der Waals surface area (Å²) >= 11 is 1.45. The minimum absolute atomic E-state index is 0.116. The van der Waals surface area contributed by atoms with Crippen molar-refractivity contribution in [1.82, 2.24) is 4.98 Å². The smallest absolute Gasteiger partial charge is 0.233 e. The molecule has 3 aromatic carbocycles. The highest BCUT2D eigenvalue weighted by atomic mass is 32.2. The third-order valence-corrected chi connectivity index (χ3v) is 8.76. The molecule has 1 heterocycles. The van der Waals surface area contributed by atoms with Crippen molar-refractivity contribution in [2.75, 3.05) is 12.0 Å². The highest BCUT2D eigenvalue weighted by Crippen LogP contribution is 2.32. The minimum Gasteiger partial charge on any atom is -0.497 e. The molecular weight excluding hydrogens is 468 g/mol. The molecule has 0 saturated carbocycles. The molecule has 4 rings (SSSR count). The van der Waals surface area contributed by atoms with E-state index in [1.165, 1.54) is 11.3 Å². The van der Waals surface area contributed by atoms with Gasteiger partial charge in [-0.3, -0.25) is 9.69 Å². The average molecular weight is 495 g/mol. The number of anilines is 1. The van der Waals surface area contributed by atoms with Crippen LogP contribution in [0.2, 0.25) is 0 Å². The van der Waals surface area contributed by atoms with Gasteiger partial charge in [0.15, 0.2) is 15.0 Å². The Labute approximate surface area is 203 Å². The van der Waals surface area contributed by atoms with E-state index < -0.39 is 15.1 Å². The van der Waals surface area contributed by atoms with E-state index >= 15 is 0 Å². The lowest BCUT2D eigenvalue weighted by atomic mass is 10.1. The summed E-state index contributed by atoms with van der Waals surface area (Å²) in [6.07, 6.45) is 0.133. The van der Waals surface area contributed by atoms with Gasteiger partial charge in [-0.2, -0.15) is 0 Å². The van der Waals surface area contributed by atoms with Gasteiger partial charge in [-0.1, -0.05) is 53.8 Å². The van der Waals surface area contributed by atoms with Crippen molar-refractivity contribution >= 4 is 42.4 Å². The zero-order valence-electron chi connectivity index (χ0n) is 19.3. The average Bonchev–Trinajstić information content (AvgIpc) is 3.26. The largest absolute Gasteiger partial charge is 0.497 e. The lowest BCUT2D eigenvalue weighted by Crippen LogP contribution is -2.31. The summed E-state index contributed by atoms with van der Waals surface area (Å²) < 4.78 is 31.1. The molecule has 0 atom stereocenters. The maximum Gasteiger partial charge on any atom is 0.233 e. The van der Waals surface area contributed by atoms with E-state index in [2.05, 4.69) is 0 Å². The van der Waals surface area contributed by atoms with Gasteiger partial charge in [-0.25, -0.2) is 13.4 Å². The van der Waals surface area contributed by atoms with Crippen molar-refractivity contribution in [2.45, 2.75) is 37.0 Å². The summed E-state index contributed by atoms with van der Waals surface area (Å²) in [5.74, 6) is 0.594. The third-order valence-electron chi connectivity index (χ3n) is 5.53. The van der Waals surface area contributed by atoms with Crippen molar-refractivity contribution in [3.63, 3.8) is 0 Å². The van der Waals surface area contributed by atoms with Gasteiger partial charge in [-0.15, -0.1) is 0 Å². The summed E-state index contributed by atoms with van der Waals surface area (Å²) in [6.45, 7) is 3.69. The normalized spacial score (nSPS) is 11.6. The fourth-order valence-corrected chi connectivity index (χ4v) is 5.53. The number of methoxy groups -OCH3 is 1. The van der Waals surface area contributed by atoms with Crippen molar-refractivity contribution in [2.24, 2.45) is 0 Å². The van der Waals surface area contributed by atoms with Crippen LogP contribution in [-0.2, 0) is 27.6 Å². The molecule has 6 nitrogen and oxygen atoms in total. The summed E-state index contributed by atoms with van der Waals surface area (Å²) in [5.41, 5.74) is 2.51. The molecule has 8 heteroatoms. The monoisotopic (exact) mass is 494 g/mol. The van der Waals surface area contributed by atoms with E-state index in [9.17, 15) is 13.2 Å². The number of hydrogen-bond donors (Lipinski definition) is 0. The van der Waals surface area contributed by atoms with Crippen molar-refractivity contribution in [1.29, 1.82) is 0 Å². The van der Waals surface area contributed by atoms with Crippen LogP contribution in [0.1, 0.15) is 25.0 Å². The maximum atomic E-state index is 13.5. The van der Waals surface area contributed by atoms with Crippen LogP contribution in [0.3, 0.4) is 0 Å². The molecule has 0 fully saturated rings. The molecule has 0 bridgehead atoms. The summed E-state index contributed by atoms with van der Waals surface area (Å²) in [5, 5.41) is 0.107. The Morgan fingerprint density at radius 3 is 2.35 bits per heavy atom. The van der Waals surface area contributed by atoms with Crippen LogP contribution in [0.25, 0.3) is 10.2 Å².